The maximum atomic E-state index is 11.9. The van der Waals surface area contributed by atoms with Crippen LogP contribution >= 0.6 is 35.7 Å². The smallest absolute Gasteiger partial charge is 0.250 e. The summed E-state index contributed by atoms with van der Waals surface area (Å²) >= 11 is 2.08. The first-order valence-electron chi connectivity index (χ1n) is 9.47. The molecule has 0 saturated carbocycles. The molecule has 148 valence electrons. The van der Waals surface area contributed by atoms with Gasteiger partial charge in [0.2, 0.25) is 0 Å². The third kappa shape index (κ3) is 7.13. The molecule has 0 aromatic carbocycles. The van der Waals surface area contributed by atoms with E-state index in [0.717, 1.165) is 57.2 Å². The fourth-order valence-electron chi connectivity index (χ4n) is 3.06. The number of aliphatic imine (C=N–C) groups is 1. The van der Waals surface area contributed by atoms with Crippen LogP contribution in [0.1, 0.15) is 38.8 Å². The van der Waals surface area contributed by atoms with Crippen LogP contribution in [-0.2, 0) is 6.54 Å². The maximum absolute atomic E-state index is 11.9. The fraction of sp³-hybridized carbons (Fsp3) is 0.684. The highest BCUT2D eigenvalue weighted by Crippen LogP contribution is 2.21. The molecular weight excluding hydrogens is 459 g/mol. The van der Waals surface area contributed by atoms with Gasteiger partial charge in [-0.2, -0.15) is 11.8 Å². The molecule has 26 heavy (non-hydrogen) atoms. The van der Waals surface area contributed by atoms with Crippen molar-refractivity contribution in [2.45, 2.75) is 51.8 Å². The summed E-state index contributed by atoms with van der Waals surface area (Å²) in [5, 5.41) is 4.15. The highest BCUT2D eigenvalue weighted by molar-refractivity contribution is 14.0. The molecule has 7 heteroatoms. The average molecular weight is 492 g/mol. The van der Waals surface area contributed by atoms with Crippen LogP contribution in [0.5, 0.6) is 0 Å². The lowest BCUT2D eigenvalue weighted by Crippen LogP contribution is -2.48. The van der Waals surface area contributed by atoms with E-state index in [0.29, 0.717) is 5.25 Å². The number of thioether (sulfide) groups is 1. The van der Waals surface area contributed by atoms with E-state index in [2.05, 4.69) is 35.8 Å². The van der Waals surface area contributed by atoms with Gasteiger partial charge in [0.1, 0.15) is 0 Å². The Morgan fingerprint density at radius 1 is 1.35 bits per heavy atom. The lowest BCUT2D eigenvalue weighted by atomic mass is 10.3. The number of nitrogens with zero attached hydrogens (tertiary/aromatic N) is 3. The number of pyridine rings is 1. The Balaban J connectivity index is 0.00000338. The lowest BCUT2D eigenvalue weighted by Gasteiger charge is -2.34. The molecule has 0 spiro atoms. The zero-order valence-corrected chi connectivity index (χ0v) is 19.4. The number of unbranched alkanes of at least 4 members (excludes halogenated alkanes) is 1. The van der Waals surface area contributed by atoms with Gasteiger partial charge in [-0.15, -0.1) is 24.0 Å². The zero-order chi connectivity index (χ0) is 18.1. The molecule has 5 nitrogen and oxygen atoms in total. The molecule has 1 aliphatic rings. The van der Waals surface area contributed by atoms with Gasteiger partial charge in [0.05, 0.1) is 0 Å². The van der Waals surface area contributed by atoms with Crippen molar-refractivity contribution < 1.29 is 0 Å². The number of nitrogens with one attached hydrogen (secondary N) is 1. The molecule has 0 radical (unpaired) electrons. The van der Waals surface area contributed by atoms with Gasteiger partial charge in [0.25, 0.3) is 5.56 Å². The van der Waals surface area contributed by atoms with E-state index in [1.54, 1.807) is 6.07 Å². The quantitative estimate of drug-likeness (QED) is 0.275. The van der Waals surface area contributed by atoms with E-state index >= 15 is 0 Å². The predicted molar refractivity (Wildman–Crippen MR) is 124 cm³/mol. The standard InChI is InChI=1S/C19H32N4OS.HI/c1-4-17-15-22(13-14-25-17)19(20-5-2)21-11-6-7-12-23-16(3)9-8-10-18(23)24;/h8-10,17H,4-7,11-15H2,1-3H3,(H,20,21);1H. The van der Waals surface area contributed by atoms with Crippen molar-refractivity contribution in [3.05, 3.63) is 34.2 Å². The van der Waals surface area contributed by atoms with Gasteiger partial charge in [-0.25, -0.2) is 0 Å². The van der Waals surface area contributed by atoms with Crippen LogP contribution in [0.15, 0.2) is 28.0 Å². The second-order valence-corrected chi connectivity index (χ2v) is 7.86. The van der Waals surface area contributed by atoms with Crippen molar-refractivity contribution in [2.24, 2.45) is 4.99 Å². The molecular formula is C19H33IN4OS. The van der Waals surface area contributed by atoms with E-state index in [4.69, 9.17) is 4.99 Å². The van der Waals surface area contributed by atoms with Crippen LogP contribution in [-0.4, -0.2) is 52.6 Å². The molecule has 0 aliphatic carbocycles. The summed E-state index contributed by atoms with van der Waals surface area (Å²) in [5.74, 6) is 2.23. The van der Waals surface area contributed by atoms with Gasteiger partial charge in [-0.05, 0) is 39.2 Å². The van der Waals surface area contributed by atoms with Crippen molar-refractivity contribution in [1.82, 2.24) is 14.8 Å². The summed E-state index contributed by atoms with van der Waals surface area (Å²) in [7, 11) is 0. The monoisotopic (exact) mass is 492 g/mol. The lowest BCUT2D eigenvalue weighted by molar-refractivity contribution is 0.408. The molecule has 1 aliphatic heterocycles. The number of hydrogen-bond donors (Lipinski definition) is 1. The molecule has 1 N–H and O–H groups in total. The van der Waals surface area contributed by atoms with Gasteiger partial charge in [-0.3, -0.25) is 9.79 Å². The first kappa shape index (κ1) is 23.3. The van der Waals surface area contributed by atoms with E-state index in [1.807, 2.05) is 23.6 Å². The van der Waals surface area contributed by atoms with Gasteiger partial charge >= 0.3 is 0 Å². The number of halogens is 1. The van der Waals surface area contributed by atoms with E-state index in [-0.39, 0.29) is 29.5 Å². The third-order valence-electron chi connectivity index (χ3n) is 4.55. The molecule has 1 atom stereocenters. The number of aryl methyl sites for hydroxylation is 1. The fourth-order valence-corrected chi connectivity index (χ4v) is 4.24. The van der Waals surface area contributed by atoms with Crippen LogP contribution in [0.2, 0.25) is 0 Å². The predicted octanol–water partition coefficient (Wildman–Crippen LogP) is 3.35. The van der Waals surface area contributed by atoms with Crippen LogP contribution in [0, 0.1) is 6.92 Å². The molecule has 1 unspecified atom stereocenters. The molecule has 0 bridgehead atoms. The number of rotatable bonds is 7. The van der Waals surface area contributed by atoms with E-state index in [1.165, 1.54) is 12.2 Å². The third-order valence-corrected chi connectivity index (χ3v) is 5.92. The van der Waals surface area contributed by atoms with Crippen molar-refractivity contribution in [3.8, 4) is 0 Å². The van der Waals surface area contributed by atoms with Crippen molar-refractivity contribution in [1.29, 1.82) is 0 Å². The largest absolute Gasteiger partial charge is 0.357 e. The summed E-state index contributed by atoms with van der Waals surface area (Å²) in [6, 6.07) is 5.44. The summed E-state index contributed by atoms with van der Waals surface area (Å²) in [6.07, 6.45) is 3.18. The molecule has 1 fully saturated rings. The van der Waals surface area contributed by atoms with Crippen LogP contribution in [0.3, 0.4) is 0 Å². The van der Waals surface area contributed by atoms with Gasteiger partial charge in [-0.1, -0.05) is 13.0 Å². The average Bonchev–Trinajstić information content (AvgIpc) is 2.62. The van der Waals surface area contributed by atoms with Crippen LogP contribution in [0.4, 0.5) is 0 Å². The number of aromatic nitrogens is 1. The first-order valence-corrected chi connectivity index (χ1v) is 10.5. The summed E-state index contributed by atoms with van der Waals surface area (Å²) in [5.41, 5.74) is 1.12. The van der Waals surface area contributed by atoms with Crippen LogP contribution < -0.4 is 10.9 Å². The minimum absolute atomic E-state index is 0. The van der Waals surface area contributed by atoms with E-state index < -0.39 is 0 Å². The Morgan fingerprint density at radius 3 is 2.85 bits per heavy atom. The topological polar surface area (TPSA) is 49.6 Å². The normalized spacial score (nSPS) is 17.7. The second kappa shape index (κ2) is 12.6. The minimum atomic E-state index is 0. The molecule has 1 aromatic rings. The van der Waals surface area contributed by atoms with Crippen LogP contribution in [0.25, 0.3) is 0 Å². The molecule has 2 rings (SSSR count). The molecule has 1 aromatic heterocycles. The number of guanidine groups is 1. The summed E-state index contributed by atoms with van der Waals surface area (Å²) in [4.78, 5) is 19.1. The first-order chi connectivity index (χ1) is 12.2. The highest BCUT2D eigenvalue weighted by Gasteiger charge is 2.21. The Hall–Kier alpha value is -0.700. The second-order valence-electron chi connectivity index (χ2n) is 6.45. The van der Waals surface area contributed by atoms with Crippen molar-refractivity contribution in [3.63, 3.8) is 0 Å². The SMILES string of the molecule is CCNC(=NCCCCn1c(C)cccc1=O)N1CCSC(CC)C1.I. The minimum Gasteiger partial charge on any atom is -0.357 e. The van der Waals surface area contributed by atoms with Crippen molar-refractivity contribution >= 4 is 41.7 Å². The zero-order valence-electron chi connectivity index (χ0n) is 16.2. The van der Waals surface area contributed by atoms with Gasteiger partial charge in [0, 0.05) is 55.5 Å². The summed E-state index contributed by atoms with van der Waals surface area (Å²) < 4.78 is 1.85. The Morgan fingerprint density at radius 2 is 2.15 bits per heavy atom. The molecule has 0 amide bonds. The van der Waals surface area contributed by atoms with Gasteiger partial charge in [0.15, 0.2) is 5.96 Å². The highest BCUT2D eigenvalue weighted by atomic mass is 127. The Labute approximate surface area is 179 Å². The number of hydrogen-bond acceptors (Lipinski definition) is 3. The Bertz CT molecular complexity index is 620. The molecule has 1 saturated heterocycles. The van der Waals surface area contributed by atoms with Crippen molar-refractivity contribution in [2.75, 3.05) is 31.9 Å². The Kier molecular flexibility index (Phi) is 11.4. The molecule has 2 heterocycles. The van der Waals surface area contributed by atoms with Gasteiger partial charge < -0.3 is 14.8 Å². The van der Waals surface area contributed by atoms with E-state index in [9.17, 15) is 4.79 Å². The maximum Gasteiger partial charge on any atom is 0.250 e. The summed E-state index contributed by atoms with van der Waals surface area (Å²) in [6.45, 7) is 11.0.